The highest BCUT2D eigenvalue weighted by Crippen LogP contribution is 2.22. The molecule has 0 aromatic carbocycles. The number of nitrogens with zero attached hydrogens (tertiary/aromatic N) is 2. The summed E-state index contributed by atoms with van der Waals surface area (Å²) < 4.78 is 5.72. The predicted molar refractivity (Wildman–Crippen MR) is 102 cm³/mol. The largest absolute Gasteiger partial charge is 0.443 e. The number of aromatic nitrogens is 1. The molecule has 0 saturated heterocycles. The smallest absolute Gasteiger partial charge is 0.216 e. The lowest BCUT2D eigenvalue weighted by atomic mass is 9.94. The quantitative estimate of drug-likeness (QED) is 0.317. The van der Waals surface area contributed by atoms with Gasteiger partial charge >= 0.3 is 0 Å². The number of halogens is 1. The summed E-state index contributed by atoms with van der Waals surface area (Å²) in [6, 6.07) is 0. The maximum atomic E-state index is 5.72. The fourth-order valence-corrected chi connectivity index (χ4v) is 1.80. The van der Waals surface area contributed by atoms with Crippen LogP contribution in [0.1, 0.15) is 39.3 Å². The van der Waals surface area contributed by atoms with Gasteiger partial charge in [0, 0.05) is 24.3 Å². The number of aliphatic imine (C=N–C) groups is 1. The molecule has 21 heavy (non-hydrogen) atoms. The monoisotopic (exact) mass is 426 g/mol. The van der Waals surface area contributed by atoms with E-state index >= 15 is 0 Å². The molecule has 0 bridgehead atoms. The molecule has 0 aliphatic heterocycles. The first-order valence-corrected chi connectivity index (χ1v) is 8.33. The van der Waals surface area contributed by atoms with Gasteiger partial charge in [0.15, 0.2) is 5.96 Å². The average molecular weight is 426 g/mol. The van der Waals surface area contributed by atoms with Gasteiger partial charge in [-0.1, -0.05) is 20.8 Å². The maximum absolute atomic E-state index is 5.72. The standard InChI is InChI=1S/C14H26N4OS.HI/c1-6-15-13(16-7-8-20-5)18-10-12-17-9-11(19-12)14(2,3)4;/h9H,6-8,10H2,1-5H3,(H2,15,16,18);1H. The highest BCUT2D eigenvalue weighted by molar-refractivity contribution is 14.0. The summed E-state index contributed by atoms with van der Waals surface area (Å²) in [6.45, 7) is 10.5. The van der Waals surface area contributed by atoms with Gasteiger partial charge in [0.05, 0.1) is 6.20 Å². The molecule has 0 fully saturated rings. The Morgan fingerprint density at radius 1 is 1.38 bits per heavy atom. The number of thioether (sulfide) groups is 1. The molecule has 7 heteroatoms. The van der Waals surface area contributed by atoms with Crippen molar-refractivity contribution in [2.45, 2.75) is 39.7 Å². The highest BCUT2D eigenvalue weighted by Gasteiger charge is 2.18. The Morgan fingerprint density at radius 3 is 2.62 bits per heavy atom. The second-order valence-electron chi connectivity index (χ2n) is 5.48. The third-order valence-electron chi connectivity index (χ3n) is 2.61. The van der Waals surface area contributed by atoms with Crippen molar-refractivity contribution >= 4 is 41.7 Å². The van der Waals surface area contributed by atoms with Crippen molar-refractivity contribution in [2.24, 2.45) is 4.99 Å². The molecule has 0 amide bonds. The lowest BCUT2D eigenvalue weighted by Crippen LogP contribution is -2.38. The van der Waals surface area contributed by atoms with Crippen LogP contribution in [0, 0.1) is 0 Å². The van der Waals surface area contributed by atoms with Gasteiger partial charge in [-0.05, 0) is 13.2 Å². The zero-order valence-corrected chi connectivity index (χ0v) is 16.7. The van der Waals surface area contributed by atoms with Crippen molar-refractivity contribution in [2.75, 3.05) is 25.1 Å². The van der Waals surface area contributed by atoms with E-state index in [9.17, 15) is 0 Å². The normalized spacial score (nSPS) is 12.0. The van der Waals surface area contributed by atoms with Crippen LogP contribution in [0.5, 0.6) is 0 Å². The molecule has 0 saturated carbocycles. The summed E-state index contributed by atoms with van der Waals surface area (Å²) in [5.74, 6) is 3.40. The first-order chi connectivity index (χ1) is 9.47. The van der Waals surface area contributed by atoms with E-state index in [-0.39, 0.29) is 29.4 Å². The van der Waals surface area contributed by atoms with Crippen LogP contribution < -0.4 is 10.6 Å². The number of hydrogen-bond acceptors (Lipinski definition) is 4. The molecular weight excluding hydrogens is 399 g/mol. The van der Waals surface area contributed by atoms with Crippen molar-refractivity contribution in [3.63, 3.8) is 0 Å². The highest BCUT2D eigenvalue weighted by atomic mass is 127. The fraction of sp³-hybridized carbons (Fsp3) is 0.714. The van der Waals surface area contributed by atoms with Crippen LogP contribution in [-0.4, -0.2) is 36.0 Å². The Morgan fingerprint density at radius 2 is 2.10 bits per heavy atom. The minimum absolute atomic E-state index is 0. The lowest BCUT2D eigenvalue weighted by molar-refractivity contribution is 0.383. The number of rotatable bonds is 6. The van der Waals surface area contributed by atoms with Gasteiger partial charge < -0.3 is 15.1 Å². The van der Waals surface area contributed by atoms with Crippen molar-refractivity contribution in [3.8, 4) is 0 Å². The van der Waals surface area contributed by atoms with Crippen LogP contribution in [-0.2, 0) is 12.0 Å². The topological polar surface area (TPSA) is 62.5 Å². The summed E-state index contributed by atoms with van der Waals surface area (Å²) >= 11 is 1.81. The van der Waals surface area contributed by atoms with Crippen LogP contribution in [0.2, 0.25) is 0 Å². The van der Waals surface area contributed by atoms with Gasteiger partial charge in [0.2, 0.25) is 5.89 Å². The summed E-state index contributed by atoms with van der Waals surface area (Å²) in [7, 11) is 0. The van der Waals surface area contributed by atoms with Crippen LogP contribution in [0.3, 0.4) is 0 Å². The van der Waals surface area contributed by atoms with Crippen LogP contribution in [0.15, 0.2) is 15.6 Å². The zero-order valence-electron chi connectivity index (χ0n) is 13.5. The Balaban J connectivity index is 0.00000400. The molecule has 0 aliphatic carbocycles. The fourth-order valence-electron chi connectivity index (χ4n) is 1.49. The molecule has 1 heterocycles. The lowest BCUT2D eigenvalue weighted by Gasteiger charge is -2.13. The van der Waals surface area contributed by atoms with E-state index in [0.29, 0.717) is 12.4 Å². The molecular formula is C14H27IN4OS. The molecule has 0 atom stereocenters. The van der Waals surface area contributed by atoms with E-state index in [1.165, 1.54) is 0 Å². The molecule has 5 nitrogen and oxygen atoms in total. The Hall–Kier alpha value is -0.440. The van der Waals surface area contributed by atoms with Gasteiger partial charge in [0.25, 0.3) is 0 Å². The van der Waals surface area contributed by atoms with Crippen LogP contribution in [0.25, 0.3) is 0 Å². The third kappa shape index (κ3) is 7.94. The molecule has 0 unspecified atom stereocenters. The molecule has 0 spiro atoms. The molecule has 1 aromatic heterocycles. The minimum Gasteiger partial charge on any atom is -0.443 e. The van der Waals surface area contributed by atoms with Gasteiger partial charge in [-0.2, -0.15) is 11.8 Å². The second kappa shape index (κ2) is 10.3. The first kappa shape index (κ1) is 20.6. The van der Waals surface area contributed by atoms with E-state index in [4.69, 9.17) is 4.42 Å². The van der Waals surface area contributed by atoms with Crippen LogP contribution in [0.4, 0.5) is 0 Å². The second-order valence-corrected chi connectivity index (χ2v) is 6.47. The summed E-state index contributed by atoms with van der Waals surface area (Å²) in [5, 5.41) is 6.49. The van der Waals surface area contributed by atoms with Crippen molar-refractivity contribution in [3.05, 3.63) is 17.8 Å². The molecule has 122 valence electrons. The van der Waals surface area contributed by atoms with Crippen molar-refractivity contribution in [1.82, 2.24) is 15.6 Å². The number of nitrogens with one attached hydrogen (secondary N) is 2. The summed E-state index contributed by atoms with van der Waals surface area (Å²) in [4.78, 5) is 8.76. The Labute approximate surface area is 149 Å². The van der Waals surface area contributed by atoms with E-state index in [2.05, 4.69) is 54.6 Å². The van der Waals surface area contributed by atoms with E-state index in [1.54, 1.807) is 18.0 Å². The zero-order chi connectivity index (χ0) is 15.0. The summed E-state index contributed by atoms with van der Waals surface area (Å²) in [5.41, 5.74) is -0.0178. The van der Waals surface area contributed by atoms with Gasteiger partial charge in [-0.25, -0.2) is 9.98 Å². The number of hydrogen-bond donors (Lipinski definition) is 2. The summed E-state index contributed by atoms with van der Waals surface area (Å²) in [6.07, 6.45) is 3.88. The van der Waals surface area contributed by atoms with Crippen molar-refractivity contribution in [1.29, 1.82) is 0 Å². The Kier molecular flexibility index (Phi) is 10.1. The maximum Gasteiger partial charge on any atom is 0.216 e. The predicted octanol–water partition coefficient (Wildman–Crippen LogP) is 3.01. The number of oxazole rings is 1. The SMILES string of the molecule is CCNC(=NCc1ncc(C(C)(C)C)o1)NCCSC.I. The average Bonchev–Trinajstić information content (AvgIpc) is 2.85. The molecule has 0 aliphatic rings. The van der Waals surface area contributed by atoms with E-state index in [0.717, 1.165) is 30.6 Å². The van der Waals surface area contributed by atoms with Gasteiger partial charge in [0.1, 0.15) is 12.3 Å². The molecule has 1 aromatic rings. The van der Waals surface area contributed by atoms with Gasteiger partial charge in [-0.15, -0.1) is 24.0 Å². The number of guanidine groups is 1. The Bertz CT molecular complexity index is 429. The molecule has 0 radical (unpaired) electrons. The first-order valence-electron chi connectivity index (χ1n) is 6.93. The minimum atomic E-state index is -0.0178. The molecule has 1 rings (SSSR count). The van der Waals surface area contributed by atoms with E-state index < -0.39 is 0 Å². The van der Waals surface area contributed by atoms with Gasteiger partial charge in [-0.3, -0.25) is 0 Å². The van der Waals surface area contributed by atoms with E-state index in [1.807, 2.05) is 0 Å². The molecule has 2 N–H and O–H groups in total. The third-order valence-corrected chi connectivity index (χ3v) is 3.22. The van der Waals surface area contributed by atoms with Crippen molar-refractivity contribution < 1.29 is 4.42 Å². The van der Waals surface area contributed by atoms with Crippen LogP contribution >= 0.6 is 35.7 Å².